The van der Waals surface area contributed by atoms with Crippen molar-refractivity contribution in [3.63, 3.8) is 0 Å². The van der Waals surface area contributed by atoms with Crippen molar-refractivity contribution in [1.82, 2.24) is 0 Å². The topological polar surface area (TPSA) is 13.1 Å². The van der Waals surface area contributed by atoms with Crippen LogP contribution in [-0.2, 0) is 0 Å². The summed E-state index contributed by atoms with van der Waals surface area (Å²) in [6, 6.07) is 4.23. The van der Waals surface area contributed by atoms with E-state index in [1.54, 1.807) is 6.26 Å². The van der Waals surface area contributed by atoms with Crippen LogP contribution in [0.15, 0.2) is 22.8 Å². The fourth-order valence-corrected chi connectivity index (χ4v) is 1.60. The number of fused-ring (bicyclic) bond motifs is 1. The summed E-state index contributed by atoms with van der Waals surface area (Å²) in [4.78, 5) is 0. The molecule has 0 N–H and O–H groups in total. The summed E-state index contributed by atoms with van der Waals surface area (Å²) in [5.74, 6) is 0. The smallest absolute Gasteiger partial charge is 0.137 e. The Kier molecular flexibility index (Phi) is 1.47. The van der Waals surface area contributed by atoms with E-state index in [1.165, 1.54) is 22.1 Å². The summed E-state index contributed by atoms with van der Waals surface area (Å²) in [7, 11) is 0. The van der Waals surface area contributed by atoms with Gasteiger partial charge in [-0.3, -0.25) is 0 Å². The summed E-state index contributed by atoms with van der Waals surface area (Å²) < 4.78 is 5.41. The lowest BCUT2D eigenvalue weighted by molar-refractivity contribution is 0.613. The van der Waals surface area contributed by atoms with E-state index in [1.807, 2.05) is 6.07 Å². The first-order valence-corrected chi connectivity index (χ1v) is 4.14. The van der Waals surface area contributed by atoms with Crippen molar-refractivity contribution in [3.8, 4) is 0 Å². The van der Waals surface area contributed by atoms with E-state index >= 15 is 0 Å². The number of rotatable bonds is 0. The molecule has 0 bridgehead atoms. The zero-order valence-corrected chi connectivity index (χ0v) is 7.64. The average Bonchev–Trinajstić information content (AvgIpc) is 2.48. The normalized spacial score (nSPS) is 10.9. The molecule has 0 spiro atoms. The van der Waals surface area contributed by atoms with Crippen LogP contribution in [0.2, 0.25) is 0 Å². The molecule has 1 aromatic carbocycles. The van der Waals surface area contributed by atoms with Crippen molar-refractivity contribution < 1.29 is 4.42 Å². The van der Waals surface area contributed by atoms with Gasteiger partial charge in [-0.05, 0) is 43.5 Å². The highest BCUT2D eigenvalue weighted by molar-refractivity contribution is 5.84. The minimum Gasteiger partial charge on any atom is -0.464 e. The van der Waals surface area contributed by atoms with Crippen molar-refractivity contribution in [1.29, 1.82) is 0 Å². The highest BCUT2D eigenvalue weighted by atomic mass is 16.3. The molecule has 0 unspecified atom stereocenters. The molecular formula is C11H12O. The fourth-order valence-electron chi connectivity index (χ4n) is 1.60. The van der Waals surface area contributed by atoms with Gasteiger partial charge in [0, 0.05) is 5.39 Å². The first-order valence-electron chi connectivity index (χ1n) is 4.14. The number of aryl methyl sites for hydroxylation is 3. The Morgan fingerprint density at radius 1 is 1.08 bits per heavy atom. The molecule has 0 saturated heterocycles. The molecule has 0 amide bonds. The van der Waals surface area contributed by atoms with Gasteiger partial charge >= 0.3 is 0 Å². The largest absolute Gasteiger partial charge is 0.464 e. The van der Waals surface area contributed by atoms with Gasteiger partial charge in [0.25, 0.3) is 0 Å². The second-order valence-corrected chi connectivity index (χ2v) is 3.30. The molecule has 0 saturated carbocycles. The molecule has 2 rings (SSSR count). The number of furan rings is 1. The zero-order valence-electron chi connectivity index (χ0n) is 7.64. The van der Waals surface area contributed by atoms with E-state index in [2.05, 4.69) is 26.8 Å². The van der Waals surface area contributed by atoms with E-state index < -0.39 is 0 Å². The predicted molar refractivity (Wildman–Crippen MR) is 50.4 cm³/mol. The molecule has 2 aromatic rings. The van der Waals surface area contributed by atoms with Crippen molar-refractivity contribution in [2.75, 3.05) is 0 Å². The molecule has 1 nitrogen and oxygen atoms in total. The summed E-state index contributed by atoms with van der Waals surface area (Å²) in [6.07, 6.45) is 1.75. The molecule has 0 radical (unpaired) electrons. The summed E-state index contributed by atoms with van der Waals surface area (Å²) in [6.45, 7) is 6.33. The monoisotopic (exact) mass is 160 g/mol. The van der Waals surface area contributed by atoms with Crippen LogP contribution >= 0.6 is 0 Å². The highest BCUT2D eigenvalue weighted by Gasteiger charge is 2.05. The summed E-state index contributed by atoms with van der Waals surface area (Å²) in [5.41, 5.74) is 4.88. The molecule has 0 aliphatic carbocycles. The van der Waals surface area contributed by atoms with Crippen molar-refractivity contribution in [2.45, 2.75) is 20.8 Å². The van der Waals surface area contributed by atoms with Gasteiger partial charge in [-0.15, -0.1) is 0 Å². The third-order valence-corrected chi connectivity index (χ3v) is 2.46. The van der Waals surface area contributed by atoms with Gasteiger partial charge in [0.1, 0.15) is 5.58 Å². The van der Waals surface area contributed by atoms with Crippen LogP contribution in [-0.4, -0.2) is 0 Å². The molecule has 62 valence electrons. The van der Waals surface area contributed by atoms with Gasteiger partial charge in [0.2, 0.25) is 0 Å². The van der Waals surface area contributed by atoms with Crippen molar-refractivity contribution >= 4 is 11.0 Å². The third-order valence-electron chi connectivity index (χ3n) is 2.46. The fraction of sp³-hybridized carbons (Fsp3) is 0.273. The lowest BCUT2D eigenvalue weighted by atomic mass is 10.0. The van der Waals surface area contributed by atoms with Crippen molar-refractivity contribution in [3.05, 3.63) is 35.1 Å². The van der Waals surface area contributed by atoms with Gasteiger partial charge in [-0.25, -0.2) is 0 Å². The molecule has 1 heteroatoms. The number of benzene rings is 1. The third kappa shape index (κ3) is 0.860. The Morgan fingerprint density at radius 3 is 2.58 bits per heavy atom. The van der Waals surface area contributed by atoms with E-state index in [9.17, 15) is 0 Å². The van der Waals surface area contributed by atoms with E-state index in [0.717, 1.165) is 5.58 Å². The van der Waals surface area contributed by atoms with Crippen LogP contribution in [0.1, 0.15) is 16.7 Å². The maximum Gasteiger partial charge on any atom is 0.137 e. The summed E-state index contributed by atoms with van der Waals surface area (Å²) in [5, 5.41) is 1.23. The second kappa shape index (κ2) is 2.37. The minimum atomic E-state index is 1.03. The van der Waals surface area contributed by atoms with Gasteiger partial charge < -0.3 is 4.42 Å². The molecular weight excluding hydrogens is 148 g/mol. The zero-order chi connectivity index (χ0) is 8.72. The van der Waals surface area contributed by atoms with Crippen LogP contribution in [0.5, 0.6) is 0 Å². The van der Waals surface area contributed by atoms with E-state index in [-0.39, 0.29) is 0 Å². The molecule has 1 aromatic heterocycles. The average molecular weight is 160 g/mol. The molecule has 0 aliphatic rings. The van der Waals surface area contributed by atoms with Crippen LogP contribution in [0.3, 0.4) is 0 Å². The lowest BCUT2D eigenvalue weighted by Gasteiger charge is -2.02. The quantitative estimate of drug-likeness (QED) is 0.576. The maximum atomic E-state index is 5.41. The first kappa shape index (κ1) is 7.41. The summed E-state index contributed by atoms with van der Waals surface area (Å²) >= 11 is 0. The molecule has 1 heterocycles. The Balaban J connectivity index is 2.97. The molecule has 0 atom stereocenters. The second-order valence-electron chi connectivity index (χ2n) is 3.30. The number of hydrogen-bond donors (Lipinski definition) is 0. The Morgan fingerprint density at radius 2 is 1.83 bits per heavy atom. The van der Waals surface area contributed by atoms with Gasteiger partial charge in [0.05, 0.1) is 6.26 Å². The van der Waals surface area contributed by atoms with Crippen LogP contribution < -0.4 is 0 Å². The van der Waals surface area contributed by atoms with Gasteiger partial charge in [-0.1, -0.05) is 6.07 Å². The van der Waals surface area contributed by atoms with Crippen LogP contribution in [0.4, 0.5) is 0 Å². The Bertz CT molecular complexity index is 424. The molecule has 0 fully saturated rings. The van der Waals surface area contributed by atoms with Crippen LogP contribution in [0, 0.1) is 20.8 Å². The number of hydrogen-bond acceptors (Lipinski definition) is 1. The van der Waals surface area contributed by atoms with E-state index in [0.29, 0.717) is 0 Å². The van der Waals surface area contributed by atoms with Gasteiger partial charge in [-0.2, -0.15) is 0 Å². The van der Waals surface area contributed by atoms with Crippen molar-refractivity contribution in [2.24, 2.45) is 0 Å². The first-order chi connectivity index (χ1) is 5.70. The molecule has 12 heavy (non-hydrogen) atoms. The standard InChI is InChI=1S/C11H12O/c1-7-6-8(2)10-4-5-12-11(10)9(7)3/h4-6H,1-3H3. The van der Waals surface area contributed by atoms with Crippen LogP contribution in [0.25, 0.3) is 11.0 Å². The lowest BCUT2D eigenvalue weighted by Crippen LogP contribution is -1.83. The highest BCUT2D eigenvalue weighted by Crippen LogP contribution is 2.25. The SMILES string of the molecule is Cc1cc(C)c2ccoc2c1C. The Labute approximate surface area is 72.0 Å². The molecule has 0 aliphatic heterocycles. The van der Waals surface area contributed by atoms with E-state index in [4.69, 9.17) is 4.42 Å². The minimum absolute atomic E-state index is 1.03. The maximum absolute atomic E-state index is 5.41. The Hall–Kier alpha value is -1.24. The predicted octanol–water partition coefficient (Wildman–Crippen LogP) is 3.36. The van der Waals surface area contributed by atoms with Gasteiger partial charge in [0.15, 0.2) is 0 Å².